The van der Waals surface area contributed by atoms with Gasteiger partial charge < -0.3 is 5.32 Å². The summed E-state index contributed by atoms with van der Waals surface area (Å²) in [7, 11) is 0. The average Bonchev–Trinajstić information content (AvgIpc) is 2.88. The first-order valence-electron chi connectivity index (χ1n) is 6.91. The molecule has 1 fully saturated rings. The lowest BCUT2D eigenvalue weighted by Crippen LogP contribution is -2.19. The molecule has 0 radical (unpaired) electrons. The molecule has 1 aliphatic rings. The summed E-state index contributed by atoms with van der Waals surface area (Å²) in [6.45, 7) is 0. The van der Waals surface area contributed by atoms with Gasteiger partial charge in [-0.05, 0) is 47.7 Å². The molecule has 1 N–H and O–H groups in total. The molecule has 2 aromatic rings. The molecule has 1 amide bonds. The minimum atomic E-state index is -0.565. The number of hydrogen-bond acceptors (Lipinski definition) is 5. The largest absolute Gasteiger partial charge is 0.300 e. The number of carbonyl (C=O) groups excluding carboxylic acids is 1. The van der Waals surface area contributed by atoms with Crippen molar-refractivity contribution in [3.05, 3.63) is 72.5 Å². The Kier molecular flexibility index (Phi) is 5.22. The van der Waals surface area contributed by atoms with E-state index in [0.717, 1.165) is 21.8 Å². The molecule has 9 heteroatoms. The van der Waals surface area contributed by atoms with Crippen molar-refractivity contribution in [1.82, 2.24) is 5.32 Å². The van der Waals surface area contributed by atoms with Gasteiger partial charge in [-0.25, -0.2) is 4.99 Å². The van der Waals surface area contributed by atoms with Gasteiger partial charge in [0.2, 0.25) is 0 Å². The van der Waals surface area contributed by atoms with Crippen molar-refractivity contribution in [1.29, 1.82) is 0 Å². The van der Waals surface area contributed by atoms with E-state index >= 15 is 0 Å². The van der Waals surface area contributed by atoms with E-state index in [4.69, 9.17) is 11.6 Å². The Hall–Kier alpha value is -2.16. The molecule has 2 aromatic carbocycles. The summed E-state index contributed by atoms with van der Waals surface area (Å²) in [6, 6.07) is 11.7. The van der Waals surface area contributed by atoms with Crippen molar-refractivity contribution in [3.8, 4) is 0 Å². The fourth-order valence-corrected chi connectivity index (χ4v) is 3.49. The molecular weight excluding hydrogens is 430 g/mol. The first-order chi connectivity index (χ1) is 11.9. The van der Waals surface area contributed by atoms with Crippen LogP contribution in [-0.4, -0.2) is 16.0 Å². The van der Waals surface area contributed by atoms with E-state index in [1.54, 1.807) is 6.08 Å². The Balaban J connectivity index is 1.90. The summed E-state index contributed by atoms with van der Waals surface area (Å²) >= 11 is 10.3. The van der Waals surface area contributed by atoms with Crippen LogP contribution in [-0.2, 0) is 4.79 Å². The summed E-state index contributed by atoms with van der Waals surface area (Å²) in [5.41, 5.74) is 0.755. The number of carbonyl (C=O) groups is 1. The zero-order valence-electron chi connectivity index (χ0n) is 12.4. The predicted molar refractivity (Wildman–Crippen MR) is 103 cm³/mol. The van der Waals surface area contributed by atoms with Crippen molar-refractivity contribution in [2.45, 2.75) is 0 Å². The molecular formula is C16H9BrClN3O3S. The second-order valence-corrected chi connectivity index (χ2v) is 7.31. The number of rotatable bonds is 3. The van der Waals surface area contributed by atoms with Crippen LogP contribution in [0.4, 0.5) is 11.4 Å². The maximum absolute atomic E-state index is 12.1. The third kappa shape index (κ3) is 4.28. The minimum Gasteiger partial charge on any atom is -0.300 e. The first-order valence-corrected chi connectivity index (χ1v) is 8.90. The number of nitro benzene ring substituents is 1. The highest BCUT2D eigenvalue weighted by atomic mass is 79.9. The topological polar surface area (TPSA) is 84.6 Å². The molecule has 0 atom stereocenters. The number of amidine groups is 1. The molecule has 0 spiro atoms. The number of nitrogens with zero attached hydrogens (tertiary/aromatic N) is 2. The van der Waals surface area contributed by atoms with E-state index in [-0.39, 0.29) is 27.5 Å². The van der Waals surface area contributed by atoms with Crippen LogP contribution in [0.2, 0.25) is 5.02 Å². The Morgan fingerprint density at radius 1 is 1.28 bits per heavy atom. The lowest BCUT2D eigenvalue weighted by molar-refractivity contribution is -0.384. The van der Waals surface area contributed by atoms with Crippen molar-refractivity contribution in [3.63, 3.8) is 0 Å². The van der Waals surface area contributed by atoms with Crippen LogP contribution in [0.3, 0.4) is 0 Å². The van der Waals surface area contributed by atoms with Crippen LogP contribution in [0, 0.1) is 10.1 Å². The van der Waals surface area contributed by atoms with Crippen molar-refractivity contribution < 1.29 is 9.72 Å². The Bertz CT molecular complexity index is 946. The summed E-state index contributed by atoms with van der Waals surface area (Å²) in [5, 5.41) is 14.2. The molecule has 6 nitrogen and oxygen atoms in total. The zero-order chi connectivity index (χ0) is 18.0. The van der Waals surface area contributed by atoms with Crippen LogP contribution in [0.5, 0.6) is 0 Å². The van der Waals surface area contributed by atoms with Gasteiger partial charge in [0.05, 0.1) is 9.83 Å². The number of hydrogen-bond donors (Lipinski definition) is 1. The lowest BCUT2D eigenvalue weighted by atomic mass is 10.2. The molecule has 0 aromatic heterocycles. The number of amides is 1. The van der Waals surface area contributed by atoms with E-state index in [9.17, 15) is 14.9 Å². The highest BCUT2D eigenvalue weighted by molar-refractivity contribution is 9.10. The highest BCUT2D eigenvalue weighted by Gasteiger charge is 2.25. The lowest BCUT2D eigenvalue weighted by Gasteiger charge is -1.99. The number of nitro groups is 1. The van der Waals surface area contributed by atoms with Gasteiger partial charge in [0, 0.05) is 15.6 Å². The fraction of sp³-hybridized carbons (Fsp3) is 0. The van der Waals surface area contributed by atoms with Crippen LogP contribution >= 0.6 is 39.3 Å². The first kappa shape index (κ1) is 17.7. The summed E-state index contributed by atoms with van der Waals surface area (Å²) < 4.78 is 0.899. The van der Waals surface area contributed by atoms with Gasteiger partial charge in [0.25, 0.3) is 11.6 Å². The Morgan fingerprint density at radius 2 is 2.08 bits per heavy atom. The number of aliphatic imine (C=N–C) groups is 1. The van der Waals surface area contributed by atoms with Gasteiger partial charge in [0.15, 0.2) is 5.17 Å². The Morgan fingerprint density at radius 3 is 2.80 bits per heavy atom. The quantitative estimate of drug-likeness (QED) is 0.419. The summed E-state index contributed by atoms with van der Waals surface area (Å²) in [5.74, 6) is -0.305. The van der Waals surface area contributed by atoms with Gasteiger partial charge in [-0.15, -0.1) is 0 Å². The van der Waals surface area contributed by atoms with Crippen LogP contribution < -0.4 is 5.32 Å². The van der Waals surface area contributed by atoms with Crippen LogP contribution in [0.25, 0.3) is 6.08 Å². The smallest absolute Gasteiger partial charge is 0.296 e. The highest BCUT2D eigenvalue weighted by Crippen LogP contribution is 2.33. The summed E-state index contributed by atoms with van der Waals surface area (Å²) in [6.07, 6.45) is 1.73. The number of nitrogens with one attached hydrogen (secondary N) is 1. The zero-order valence-corrected chi connectivity index (χ0v) is 15.6. The molecule has 126 valence electrons. The van der Waals surface area contributed by atoms with Crippen LogP contribution in [0.15, 0.2) is 56.8 Å². The van der Waals surface area contributed by atoms with E-state index in [2.05, 4.69) is 26.2 Å². The van der Waals surface area contributed by atoms with Gasteiger partial charge >= 0.3 is 0 Å². The van der Waals surface area contributed by atoms with E-state index in [1.807, 2.05) is 24.3 Å². The molecule has 0 bridgehead atoms. The number of benzene rings is 2. The van der Waals surface area contributed by atoms with E-state index in [1.165, 1.54) is 18.2 Å². The number of thioether (sulfide) groups is 1. The van der Waals surface area contributed by atoms with Crippen molar-refractivity contribution in [2.24, 2.45) is 4.99 Å². The third-order valence-electron chi connectivity index (χ3n) is 3.15. The third-order valence-corrected chi connectivity index (χ3v) is 4.79. The number of halogens is 2. The van der Waals surface area contributed by atoms with E-state index in [0.29, 0.717) is 4.91 Å². The second-order valence-electron chi connectivity index (χ2n) is 4.93. The van der Waals surface area contributed by atoms with E-state index < -0.39 is 4.92 Å². The van der Waals surface area contributed by atoms with Crippen molar-refractivity contribution in [2.75, 3.05) is 0 Å². The predicted octanol–water partition coefficient (Wildman–Crippen LogP) is 4.90. The van der Waals surface area contributed by atoms with Crippen molar-refractivity contribution >= 4 is 67.8 Å². The standard InChI is InChI=1S/C16H9BrClN3O3S/c17-10-3-1-2-9(6-10)7-14-15(22)20-16(25-14)19-12-5-4-11(18)8-13(12)21(23)24/h1-8H,(H,19,20,22)/b14-7+. The molecule has 25 heavy (non-hydrogen) atoms. The maximum atomic E-state index is 12.1. The molecule has 1 saturated heterocycles. The fourth-order valence-electron chi connectivity index (χ4n) is 2.08. The van der Waals surface area contributed by atoms with Crippen LogP contribution in [0.1, 0.15) is 5.56 Å². The van der Waals surface area contributed by atoms with Gasteiger partial charge in [-0.2, -0.15) is 0 Å². The normalized spacial score (nSPS) is 17.1. The Labute approximate surface area is 160 Å². The monoisotopic (exact) mass is 437 g/mol. The van der Waals surface area contributed by atoms with Gasteiger partial charge in [-0.3, -0.25) is 14.9 Å². The van der Waals surface area contributed by atoms with Gasteiger partial charge in [-0.1, -0.05) is 39.7 Å². The maximum Gasteiger partial charge on any atom is 0.296 e. The molecule has 3 rings (SSSR count). The molecule has 0 unspecified atom stereocenters. The molecule has 1 aliphatic heterocycles. The molecule has 1 heterocycles. The minimum absolute atomic E-state index is 0.126. The molecule has 0 aliphatic carbocycles. The summed E-state index contributed by atoms with van der Waals surface area (Å²) in [4.78, 5) is 27.3. The SMILES string of the molecule is O=C1NC(=Nc2ccc(Cl)cc2[N+](=O)[O-])S/C1=C/c1cccc(Br)c1. The second kappa shape index (κ2) is 7.38. The van der Waals surface area contributed by atoms with Gasteiger partial charge in [0.1, 0.15) is 5.69 Å². The average molecular weight is 439 g/mol. The molecule has 0 saturated carbocycles.